The normalized spacial score (nSPS) is 9.67. The number of rotatable bonds is 5. The highest BCUT2D eigenvalue weighted by Crippen LogP contribution is 2.15. The first kappa shape index (κ1) is 11.5. The van der Waals surface area contributed by atoms with Gasteiger partial charge in [0.1, 0.15) is 5.82 Å². The molecule has 3 heteroatoms. The van der Waals surface area contributed by atoms with Crippen molar-refractivity contribution in [1.29, 1.82) is 5.26 Å². The highest BCUT2D eigenvalue weighted by Gasteiger charge is 2.00. The van der Waals surface area contributed by atoms with Crippen LogP contribution in [0.1, 0.15) is 24.8 Å². The fraction of sp³-hybridized carbons (Fsp3) is 0.417. The summed E-state index contributed by atoms with van der Waals surface area (Å²) in [5, 5.41) is 11.4. The summed E-state index contributed by atoms with van der Waals surface area (Å²) < 4.78 is 13.2. The number of hydrogen-bond donors (Lipinski definition) is 1. The summed E-state index contributed by atoms with van der Waals surface area (Å²) in [5.74, 6) is -0.221. The average molecular weight is 206 g/mol. The minimum atomic E-state index is -0.221. The fourth-order valence-electron chi connectivity index (χ4n) is 1.33. The molecule has 0 spiro atoms. The van der Waals surface area contributed by atoms with E-state index in [1.807, 2.05) is 6.92 Å². The van der Waals surface area contributed by atoms with E-state index in [-0.39, 0.29) is 5.82 Å². The van der Waals surface area contributed by atoms with Gasteiger partial charge in [-0.1, -0.05) is 6.07 Å². The first-order valence-electron chi connectivity index (χ1n) is 5.11. The van der Waals surface area contributed by atoms with Crippen LogP contribution < -0.4 is 5.32 Å². The molecule has 0 unspecified atom stereocenters. The second-order valence-corrected chi connectivity index (χ2v) is 3.53. The first-order chi connectivity index (χ1) is 7.24. The van der Waals surface area contributed by atoms with Crippen LogP contribution in [0.4, 0.5) is 10.1 Å². The van der Waals surface area contributed by atoms with Crippen LogP contribution in [0.5, 0.6) is 0 Å². The Balaban J connectivity index is 2.37. The number of nitriles is 1. The molecule has 0 aliphatic heterocycles. The minimum absolute atomic E-state index is 0.221. The second kappa shape index (κ2) is 6.02. The van der Waals surface area contributed by atoms with Crippen LogP contribution >= 0.6 is 0 Å². The summed E-state index contributed by atoms with van der Waals surface area (Å²) in [6.07, 6.45) is 2.32. The lowest BCUT2D eigenvalue weighted by Gasteiger charge is -2.07. The molecular formula is C12H15FN2. The van der Waals surface area contributed by atoms with Gasteiger partial charge in [0.15, 0.2) is 0 Å². The lowest BCUT2D eigenvalue weighted by atomic mass is 10.2. The Kier molecular flexibility index (Phi) is 4.62. The van der Waals surface area contributed by atoms with Gasteiger partial charge in [-0.05, 0) is 37.5 Å². The molecule has 1 rings (SSSR count). The summed E-state index contributed by atoms with van der Waals surface area (Å²) in [6, 6.07) is 7.09. The maximum Gasteiger partial charge on any atom is 0.146 e. The van der Waals surface area contributed by atoms with Gasteiger partial charge in [-0.3, -0.25) is 0 Å². The Labute approximate surface area is 89.7 Å². The van der Waals surface area contributed by atoms with Crippen molar-refractivity contribution in [1.82, 2.24) is 0 Å². The zero-order chi connectivity index (χ0) is 11.1. The number of nitrogens with zero attached hydrogens (tertiary/aromatic N) is 1. The Morgan fingerprint density at radius 2 is 2.20 bits per heavy atom. The summed E-state index contributed by atoms with van der Waals surface area (Å²) in [5.41, 5.74) is 1.59. The van der Waals surface area contributed by atoms with Gasteiger partial charge < -0.3 is 5.32 Å². The predicted octanol–water partition coefficient (Wildman–Crippen LogP) is 3.24. The van der Waals surface area contributed by atoms with E-state index in [9.17, 15) is 4.39 Å². The van der Waals surface area contributed by atoms with Gasteiger partial charge >= 0.3 is 0 Å². The molecule has 0 saturated heterocycles. The second-order valence-electron chi connectivity index (χ2n) is 3.53. The number of nitrogens with one attached hydrogen (secondary N) is 1. The van der Waals surface area contributed by atoms with Crippen LogP contribution in [-0.4, -0.2) is 6.54 Å². The van der Waals surface area contributed by atoms with Crippen LogP contribution in [0.2, 0.25) is 0 Å². The molecule has 1 aromatic carbocycles. The third-order valence-electron chi connectivity index (χ3n) is 2.15. The molecular weight excluding hydrogens is 191 g/mol. The molecule has 1 N–H and O–H groups in total. The molecule has 0 heterocycles. The van der Waals surface area contributed by atoms with Crippen LogP contribution in [0, 0.1) is 24.1 Å². The van der Waals surface area contributed by atoms with Gasteiger partial charge in [-0.2, -0.15) is 5.26 Å². The average Bonchev–Trinajstić information content (AvgIpc) is 2.23. The molecule has 0 aliphatic carbocycles. The Hall–Kier alpha value is -1.56. The number of benzene rings is 1. The van der Waals surface area contributed by atoms with Gasteiger partial charge in [-0.25, -0.2) is 4.39 Å². The van der Waals surface area contributed by atoms with Crippen molar-refractivity contribution < 1.29 is 4.39 Å². The third kappa shape index (κ3) is 3.99. The van der Waals surface area contributed by atoms with E-state index in [0.29, 0.717) is 18.7 Å². The monoisotopic (exact) mass is 206 g/mol. The molecule has 2 nitrogen and oxygen atoms in total. The largest absolute Gasteiger partial charge is 0.383 e. The van der Waals surface area contributed by atoms with Crippen molar-refractivity contribution in [3.8, 4) is 6.07 Å². The van der Waals surface area contributed by atoms with Gasteiger partial charge in [0, 0.05) is 13.0 Å². The standard InChI is InChI=1S/C12H15FN2/c1-10-5-6-11(13)12(9-10)15-8-4-2-3-7-14/h5-6,9,15H,2-4,8H2,1H3. The van der Waals surface area contributed by atoms with Crippen molar-refractivity contribution in [3.05, 3.63) is 29.6 Å². The quantitative estimate of drug-likeness (QED) is 0.751. The predicted molar refractivity (Wildman–Crippen MR) is 59.1 cm³/mol. The number of halogens is 1. The molecule has 80 valence electrons. The molecule has 15 heavy (non-hydrogen) atoms. The fourth-order valence-corrected chi connectivity index (χ4v) is 1.33. The van der Waals surface area contributed by atoms with Crippen molar-refractivity contribution in [2.45, 2.75) is 26.2 Å². The Morgan fingerprint density at radius 3 is 2.93 bits per heavy atom. The number of hydrogen-bond acceptors (Lipinski definition) is 2. The highest BCUT2D eigenvalue weighted by molar-refractivity contribution is 5.46. The molecule has 0 amide bonds. The number of unbranched alkanes of at least 4 members (excludes halogenated alkanes) is 2. The highest BCUT2D eigenvalue weighted by atomic mass is 19.1. The molecule has 0 radical (unpaired) electrons. The topological polar surface area (TPSA) is 35.8 Å². The first-order valence-corrected chi connectivity index (χ1v) is 5.11. The number of aryl methyl sites for hydroxylation is 1. The van der Waals surface area contributed by atoms with E-state index in [1.165, 1.54) is 6.07 Å². The SMILES string of the molecule is Cc1ccc(F)c(NCCCCC#N)c1. The molecule has 0 fully saturated rings. The van der Waals surface area contributed by atoms with Crippen molar-refractivity contribution >= 4 is 5.69 Å². The molecule has 0 aliphatic rings. The van der Waals surface area contributed by atoms with Gasteiger partial charge in [0.25, 0.3) is 0 Å². The van der Waals surface area contributed by atoms with Crippen LogP contribution in [0.3, 0.4) is 0 Å². The molecule has 0 saturated carbocycles. The zero-order valence-corrected chi connectivity index (χ0v) is 8.89. The van der Waals surface area contributed by atoms with Crippen molar-refractivity contribution in [2.24, 2.45) is 0 Å². The molecule has 1 aromatic rings. The third-order valence-corrected chi connectivity index (χ3v) is 2.15. The smallest absolute Gasteiger partial charge is 0.146 e. The maximum absolute atomic E-state index is 13.2. The van der Waals surface area contributed by atoms with Crippen molar-refractivity contribution in [3.63, 3.8) is 0 Å². The van der Waals surface area contributed by atoms with Crippen LogP contribution in [0.25, 0.3) is 0 Å². The van der Waals surface area contributed by atoms with E-state index < -0.39 is 0 Å². The molecule has 0 aromatic heterocycles. The van der Waals surface area contributed by atoms with Crippen LogP contribution in [-0.2, 0) is 0 Å². The van der Waals surface area contributed by atoms with E-state index >= 15 is 0 Å². The van der Waals surface area contributed by atoms with E-state index in [0.717, 1.165) is 18.4 Å². The van der Waals surface area contributed by atoms with Crippen molar-refractivity contribution in [2.75, 3.05) is 11.9 Å². The van der Waals surface area contributed by atoms with E-state index in [4.69, 9.17) is 5.26 Å². The molecule has 0 bridgehead atoms. The lowest BCUT2D eigenvalue weighted by molar-refractivity contribution is 0.628. The minimum Gasteiger partial charge on any atom is -0.383 e. The number of anilines is 1. The molecule has 0 atom stereocenters. The summed E-state index contributed by atoms with van der Waals surface area (Å²) >= 11 is 0. The van der Waals surface area contributed by atoms with Crippen LogP contribution in [0.15, 0.2) is 18.2 Å². The Morgan fingerprint density at radius 1 is 1.40 bits per heavy atom. The van der Waals surface area contributed by atoms with Gasteiger partial charge in [0.2, 0.25) is 0 Å². The zero-order valence-electron chi connectivity index (χ0n) is 8.89. The van der Waals surface area contributed by atoms with Gasteiger partial charge in [-0.15, -0.1) is 0 Å². The Bertz CT molecular complexity index is 355. The summed E-state index contributed by atoms with van der Waals surface area (Å²) in [6.45, 7) is 2.64. The maximum atomic E-state index is 13.2. The summed E-state index contributed by atoms with van der Waals surface area (Å²) in [4.78, 5) is 0. The van der Waals surface area contributed by atoms with E-state index in [2.05, 4.69) is 11.4 Å². The lowest BCUT2D eigenvalue weighted by Crippen LogP contribution is -2.03. The van der Waals surface area contributed by atoms with E-state index in [1.54, 1.807) is 12.1 Å². The van der Waals surface area contributed by atoms with Gasteiger partial charge in [0.05, 0.1) is 11.8 Å². The summed E-state index contributed by atoms with van der Waals surface area (Å²) in [7, 11) is 0.